The summed E-state index contributed by atoms with van der Waals surface area (Å²) in [6.07, 6.45) is 12.9. The minimum Gasteiger partial charge on any atom is -0.481 e. The average molecular weight is 958 g/mol. The number of carbonyl (C=O) groups excluding carboxylic acids is 5. The van der Waals surface area contributed by atoms with Crippen molar-refractivity contribution in [2.75, 3.05) is 107 Å². The lowest BCUT2D eigenvalue weighted by Gasteiger charge is -2.41. The van der Waals surface area contributed by atoms with Gasteiger partial charge in [-0.1, -0.05) is 44.9 Å². The molecule has 22 heteroatoms. The Morgan fingerprint density at radius 1 is 0.806 bits per heavy atom. The van der Waals surface area contributed by atoms with Crippen molar-refractivity contribution < 1.29 is 38.6 Å². The fourth-order valence-corrected chi connectivity index (χ4v) is 11.1. The van der Waals surface area contributed by atoms with Gasteiger partial charge < -0.3 is 61.3 Å². The van der Waals surface area contributed by atoms with Crippen molar-refractivity contribution in [3.05, 3.63) is 0 Å². The van der Waals surface area contributed by atoms with Gasteiger partial charge in [-0.25, -0.2) is 4.79 Å². The summed E-state index contributed by atoms with van der Waals surface area (Å²) in [6.45, 7) is 6.67. The third kappa shape index (κ3) is 15.4. The van der Waals surface area contributed by atoms with E-state index in [9.17, 15) is 28.8 Å². The molecule has 7 N–H and O–H groups in total. The molecule has 5 atom stereocenters. The van der Waals surface area contributed by atoms with Gasteiger partial charge in [-0.3, -0.25) is 24.0 Å². The number of aliphatic carboxylic acids is 1. The number of anilines is 3. The molecule has 0 spiro atoms. The van der Waals surface area contributed by atoms with E-state index in [1.165, 1.54) is 16.8 Å². The normalized spacial score (nSPS) is 22.4. The van der Waals surface area contributed by atoms with Crippen LogP contribution in [0.5, 0.6) is 0 Å². The number of piperazine rings is 2. The number of morpholine rings is 1. The van der Waals surface area contributed by atoms with Crippen molar-refractivity contribution in [3.63, 3.8) is 0 Å². The first-order valence-electron chi connectivity index (χ1n) is 24.8. The number of amides is 6. The van der Waals surface area contributed by atoms with Crippen LogP contribution >= 0.6 is 11.8 Å². The van der Waals surface area contributed by atoms with Crippen molar-refractivity contribution >= 4 is 65.2 Å². The van der Waals surface area contributed by atoms with Gasteiger partial charge in [0.1, 0.15) is 18.6 Å². The molecule has 5 aliphatic heterocycles. The van der Waals surface area contributed by atoms with Crippen LogP contribution in [0.1, 0.15) is 109 Å². The first-order chi connectivity index (χ1) is 32.5. The number of carboxylic acid groups (broad SMARTS) is 1. The highest BCUT2D eigenvalue weighted by Crippen LogP contribution is 2.33. The van der Waals surface area contributed by atoms with Crippen LogP contribution in [-0.2, 0) is 28.7 Å². The highest BCUT2D eigenvalue weighted by atomic mass is 32.2. The number of hydrogen-bond acceptors (Lipinski definition) is 15. The predicted octanol–water partition coefficient (Wildman–Crippen LogP) is 1.76. The number of likely N-dealkylation sites (N-methyl/N-ethyl adjacent to an activating group) is 1. The lowest BCUT2D eigenvalue weighted by atomic mass is 10.0. The Bertz CT molecular complexity index is 1800. The number of ether oxygens (including phenoxy) is 1. The van der Waals surface area contributed by atoms with Gasteiger partial charge in [0, 0.05) is 83.3 Å². The molecule has 374 valence electrons. The van der Waals surface area contributed by atoms with Gasteiger partial charge in [-0.15, -0.1) is 0 Å². The van der Waals surface area contributed by atoms with E-state index in [1.54, 1.807) is 0 Å². The summed E-state index contributed by atoms with van der Waals surface area (Å²) in [7, 11) is 1.50. The van der Waals surface area contributed by atoms with Crippen LogP contribution in [0.15, 0.2) is 0 Å². The number of nitrogens with two attached hydrogens (primary N) is 1. The summed E-state index contributed by atoms with van der Waals surface area (Å²) in [5.41, 5.74) is 5.68. The van der Waals surface area contributed by atoms with Gasteiger partial charge in [-0.05, 0) is 57.9 Å². The zero-order valence-electron chi connectivity index (χ0n) is 39.5. The number of urea groups is 1. The Labute approximate surface area is 399 Å². The van der Waals surface area contributed by atoms with Crippen LogP contribution in [-0.4, -0.2) is 191 Å². The number of rotatable bonds is 28. The molecule has 5 saturated heterocycles. The predicted molar refractivity (Wildman–Crippen MR) is 256 cm³/mol. The summed E-state index contributed by atoms with van der Waals surface area (Å²) in [4.78, 5) is 99.0. The smallest absolute Gasteiger partial charge is 0.315 e. The van der Waals surface area contributed by atoms with Crippen molar-refractivity contribution in [1.29, 1.82) is 0 Å². The fourth-order valence-electron chi connectivity index (χ4n) is 9.52. The quantitative estimate of drug-likeness (QED) is 0.0517. The Morgan fingerprint density at radius 3 is 2.18 bits per heavy atom. The molecule has 67 heavy (non-hydrogen) atoms. The topological polar surface area (TPSA) is 261 Å². The molecule has 6 rings (SSSR count). The molecular weight excluding hydrogens is 883 g/mol. The monoisotopic (exact) mass is 958 g/mol. The summed E-state index contributed by atoms with van der Waals surface area (Å²) >= 11 is 1.94. The molecule has 1 aromatic heterocycles. The summed E-state index contributed by atoms with van der Waals surface area (Å²) in [6, 6.07) is -1.32. The number of fused-ring (bicyclic) bond motifs is 1. The van der Waals surface area contributed by atoms with E-state index in [2.05, 4.69) is 31.1 Å². The first-order valence-corrected chi connectivity index (χ1v) is 25.9. The van der Waals surface area contributed by atoms with Crippen LogP contribution in [0.3, 0.4) is 0 Å². The summed E-state index contributed by atoms with van der Waals surface area (Å²) in [5.74, 6) is 0.924. The van der Waals surface area contributed by atoms with Crippen LogP contribution < -0.4 is 36.8 Å². The van der Waals surface area contributed by atoms with E-state index >= 15 is 0 Å². The number of aromatic nitrogens is 3. The van der Waals surface area contributed by atoms with Gasteiger partial charge in [0.2, 0.25) is 41.5 Å². The number of carboxylic acids is 1. The van der Waals surface area contributed by atoms with Crippen LogP contribution in [0.4, 0.5) is 22.6 Å². The molecule has 0 aromatic carbocycles. The van der Waals surface area contributed by atoms with Crippen molar-refractivity contribution in [2.45, 2.75) is 139 Å². The number of nitrogens with zero attached hydrogens (tertiary/aromatic N) is 8. The Hall–Kier alpha value is -4.70. The van der Waals surface area contributed by atoms with Gasteiger partial charge in [0.25, 0.3) is 0 Å². The van der Waals surface area contributed by atoms with Crippen LogP contribution in [0.25, 0.3) is 0 Å². The third-order valence-corrected chi connectivity index (χ3v) is 15.1. The SMILES string of the molecule is CN1C(=O)CN([C@@H](CCCCN)C(=O)NCCCCCCCCCCC(=O)N2CCN(c3nc(NCCCC[C@@H]4SC[C@@H]5NC(=O)N[C@@H]54)nc(N4CCOCC4)n3)CC2)C(=O)[C@@H]1CCC(=O)O. The van der Waals surface area contributed by atoms with Crippen LogP contribution in [0, 0.1) is 0 Å². The molecule has 0 aliphatic carbocycles. The number of unbranched alkanes of at least 4 members (excludes halogenated alkanes) is 9. The zero-order chi connectivity index (χ0) is 47.5. The maximum atomic E-state index is 13.4. The summed E-state index contributed by atoms with van der Waals surface area (Å²) < 4.78 is 5.58. The van der Waals surface area contributed by atoms with Gasteiger partial charge >= 0.3 is 12.0 Å². The molecule has 0 saturated carbocycles. The maximum absolute atomic E-state index is 13.4. The molecule has 5 aliphatic rings. The summed E-state index contributed by atoms with van der Waals surface area (Å²) in [5, 5.41) is 22.1. The van der Waals surface area contributed by atoms with Gasteiger partial charge in [0.05, 0.1) is 25.3 Å². The van der Waals surface area contributed by atoms with E-state index in [0.29, 0.717) is 114 Å². The first kappa shape index (κ1) is 51.7. The minimum atomic E-state index is -1.05. The molecule has 0 unspecified atom stereocenters. The lowest BCUT2D eigenvalue weighted by molar-refractivity contribution is -0.159. The van der Waals surface area contributed by atoms with Crippen molar-refractivity contribution in [2.24, 2.45) is 5.73 Å². The zero-order valence-corrected chi connectivity index (χ0v) is 40.3. The number of thioether (sulfide) groups is 1. The van der Waals surface area contributed by atoms with Gasteiger partial charge in [-0.2, -0.15) is 26.7 Å². The Kier molecular flexibility index (Phi) is 20.6. The molecule has 1 aromatic rings. The molecule has 6 amide bonds. The standard InChI is InChI=1S/C45H75N13O8S/c1-54-34(17-18-38(61)62)41(64)58(30-37(54)60)33(14-9-11-19-46)40(63)47-20-12-7-5-3-2-4-6-8-16-36(59)55-22-24-56(25-23-55)43-51-42(52-44(53-43)57-26-28-66-29-27-57)48-21-13-10-15-35-39-32(31-67-35)49-45(65)50-39/h32-35,39H,2-31,46H2,1H3,(H,47,63)(H,61,62)(H2,49,50,65)(H,48,51,52,53)/t32-,33-,34-,35-,39-/m0/s1. The largest absolute Gasteiger partial charge is 0.481 e. The lowest BCUT2D eigenvalue weighted by Crippen LogP contribution is -2.63. The highest BCUT2D eigenvalue weighted by Gasteiger charge is 2.43. The van der Waals surface area contributed by atoms with Crippen LogP contribution in [0.2, 0.25) is 0 Å². The average Bonchev–Trinajstić information content (AvgIpc) is 3.89. The molecule has 21 nitrogen and oxygen atoms in total. The molecule has 0 bridgehead atoms. The molecule has 0 radical (unpaired) electrons. The molecule has 6 heterocycles. The van der Waals surface area contributed by atoms with Gasteiger partial charge in [0.15, 0.2) is 0 Å². The van der Waals surface area contributed by atoms with E-state index in [-0.39, 0.29) is 55.2 Å². The van der Waals surface area contributed by atoms with E-state index in [0.717, 1.165) is 82.9 Å². The van der Waals surface area contributed by atoms with E-state index in [1.807, 2.05) is 16.7 Å². The highest BCUT2D eigenvalue weighted by molar-refractivity contribution is 8.00. The number of nitrogens with one attached hydrogen (secondary N) is 4. The number of carbonyl (C=O) groups is 6. The van der Waals surface area contributed by atoms with Crippen molar-refractivity contribution in [1.82, 2.24) is 45.6 Å². The second kappa shape index (κ2) is 26.7. The third-order valence-electron chi connectivity index (χ3n) is 13.6. The second-order valence-corrected chi connectivity index (χ2v) is 19.6. The van der Waals surface area contributed by atoms with Crippen molar-refractivity contribution in [3.8, 4) is 0 Å². The second-order valence-electron chi connectivity index (χ2n) is 18.4. The Balaban J connectivity index is 0.835. The maximum Gasteiger partial charge on any atom is 0.315 e. The minimum absolute atomic E-state index is 0.00550. The number of hydrogen-bond donors (Lipinski definition) is 6. The van der Waals surface area contributed by atoms with E-state index < -0.39 is 24.0 Å². The Morgan fingerprint density at radius 2 is 1.48 bits per heavy atom. The molecule has 5 fully saturated rings. The fraction of sp³-hybridized carbons (Fsp3) is 0.800. The molecular formula is C45H75N13O8S. The van der Waals surface area contributed by atoms with E-state index in [4.69, 9.17) is 30.5 Å².